The van der Waals surface area contributed by atoms with Gasteiger partial charge < -0.3 is 4.98 Å². The fraction of sp³-hybridized carbons (Fsp3) is 0.333. The molecule has 0 saturated heterocycles. The number of hydrogen-bond acceptors (Lipinski definition) is 4. The molecule has 2 aromatic heterocycles. The highest BCUT2D eigenvalue weighted by atomic mass is 35.5. The van der Waals surface area contributed by atoms with Crippen LogP contribution in [-0.4, -0.2) is 21.9 Å². The van der Waals surface area contributed by atoms with Gasteiger partial charge in [-0.2, -0.15) is 0 Å². The van der Waals surface area contributed by atoms with E-state index in [0.717, 1.165) is 35.0 Å². The van der Waals surface area contributed by atoms with Gasteiger partial charge in [-0.15, -0.1) is 11.3 Å². The van der Waals surface area contributed by atoms with Gasteiger partial charge in [0.2, 0.25) is 0 Å². The molecule has 25 heavy (non-hydrogen) atoms. The third-order valence-electron chi connectivity index (χ3n) is 4.52. The minimum absolute atomic E-state index is 0.0198. The molecule has 4 rings (SSSR count). The van der Waals surface area contributed by atoms with Crippen molar-refractivity contribution in [2.45, 2.75) is 32.4 Å². The predicted octanol–water partition coefficient (Wildman–Crippen LogP) is 4.41. The van der Waals surface area contributed by atoms with E-state index in [1.165, 1.54) is 10.4 Å². The van der Waals surface area contributed by atoms with Crippen molar-refractivity contribution < 1.29 is 0 Å². The number of benzene rings is 1. The molecule has 1 aromatic carbocycles. The molecule has 0 radical (unpaired) electrons. The van der Waals surface area contributed by atoms with Gasteiger partial charge in [-0.3, -0.25) is 9.69 Å². The molecule has 2 heterocycles. The topological polar surface area (TPSA) is 49.0 Å². The van der Waals surface area contributed by atoms with Crippen LogP contribution in [0.2, 0.25) is 10.0 Å². The third-order valence-corrected chi connectivity index (χ3v) is 6.56. The number of thiophene rings is 1. The van der Waals surface area contributed by atoms with Crippen LogP contribution in [0.4, 0.5) is 0 Å². The molecule has 0 aliphatic heterocycles. The number of nitrogens with zero attached hydrogens (tertiary/aromatic N) is 2. The molecular weight excluding hydrogens is 377 g/mol. The number of aryl methyl sites for hydroxylation is 2. The second-order valence-corrected chi connectivity index (χ2v) is 8.30. The molecule has 1 aliphatic carbocycles. The number of halogens is 2. The van der Waals surface area contributed by atoms with Gasteiger partial charge in [-0.25, -0.2) is 4.98 Å². The van der Waals surface area contributed by atoms with Crippen LogP contribution in [0.5, 0.6) is 0 Å². The van der Waals surface area contributed by atoms with Gasteiger partial charge in [-0.05, 0) is 43.5 Å². The zero-order valence-corrected chi connectivity index (χ0v) is 16.1. The maximum absolute atomic E-state index is 12.5. The first kappa shape index (κ1) is 17.0. The molecule has 130 valence electrons. The number of fused-ring (bicyclic) bond motifs is 3. The van der Waals surface area contributed by atoms with E-state index < -0.39 is 0 Å². The van der Waals surface area contributed by atoms with Crippen molar-refractivity contribution in [1.29, 1.82) is 0 Å². The van der Waals surface area contributed by atoms with Crippen LogP contribution in [-0.2, 0) is 25.9 Å². The second-order valence-electron chi connectivity index (χ2n) is 6.44. The molecule has 0 saturated carbocycles. The van der Waals surface area contributed by atoms with E-state index in [2.05, 4.69) is 14.9 Å². The Balaban J connectivity index is 1.58. The summed E-state index contributed by atoms with van der Waals surface area (Å²) in [6.07, 6.45) is 3.20. The van der Waals surface area contributed by atoms with Gasteiger partial charge in [0.05, 0.1) is 22.0 Å². The Morgan fingerprint density at radius 3 is 2.96 bits per heavy atom. The van der Waals surface area contributed by atoms with E-state index in [1.54, 1.807) is 17.4 Å². The fourth-order valence-electron chi connectivity index (χ4n) is 3.39. The van der Waals surface area contributed by atoms with Crippen LogP contribution >= 0.6 is 34.5 Å². The van der Waals surface area contributed by atoms with Crippen molar-refractivity contribution in [3.05, 3.63) is 60.4 Å². The highest BCUT2D eigenvalue weighted by Crippen LogP contribution is 2.34. The molecular formula is C18H17Cl2N3OS. The molecule has 4 nitrogen and oxygen atoms in total. The molecule has 0 amide bonds. The summed E-state index contributed by atoms with van der Waals surface area (Å²) in [5.74, 6) is 0.679. The quantitative estimate of drug-likeness (QED) is 0.713. The third kappa shape index (κ3) is 3.22. The first-order valence-corrected chi connectivity index (χ1v) is 9.75. The summed E-state index contributed by atoms with van der Waals surface area (Å²) in [5, 5.41) is 1.91. The number of nitrogens with one attached hydrogen (secondary N) is 1. The molecule has 7 heteroatoms. The van der Waals surface area contributed by atoms with Gasteiger partial charge in [0.25, 0.3) is 5.56 Å². The van der Waals surface area contributed by atoms with Crippen LogP contribution in [0.3, 0.4) is 0 Å². The minimum atomic E-state index is -0.0198. The Bertz CT molecular complexity index is 1010. The lowest BCUT2D eigenvalue weighted by molar-refractivity contribution is 0.311. The largest absolute Gasteiger partial charge is 0.309 e. The number of hydrogen-bond donors (Lipinski definition) is 1. The Hall–Kier alpha value is -1.40. The van der Waals surface area contributed by atoms with Crippen molar-refractivity contribution in [1.82, 2.24) is 14.9 Å². The first-order valence-electron chi connectivity index (χ1n) is 8.18. The molecule has 1 aliphatic rings. The molecule has 0 fully saturated rings. The van der Waals surface area contributed by atoms with E-state index in [0.29, 0.717) is 29.0 Å². The van der Waals surface area contributed by atoms with Crippen LogP contribution in [0, 0.1) is 0 Å². The van der Waals surface area contributed by atoms with E-state index in [-0.39, 0.29) is 5.56 Å². The maximum Gasteiger partial charge on any atom is 0.259 e. The average molecular weight is 394 g/mol. The minimum Gasteiger partial charge on any atom is -0.309 e. The van der Waals surface area contributed by atoms with Crippen LogP contribution in [0.1, 0.15) is 28.2 Å². The Morgan fingerprint density at radius 1 is 1.28 bits per heavy atom. The summed E-state index contributed by atoms with van der Waals surface area (Å²) >= 11 is 14.0. The van der Waals surface area contributed by atoms with E-state index >= 15 is 0 Å². The summed E-state index contributed by atoms with van der Waals surface area (Å²) < 4.78 is 0. The Kier molecular flexibility index (Phi) is 4.58. The van der Waals surface area contributed by atoms with Gasteiger partial charge >= 0.3 is 0 Å². The summed E-state index contributed by atoms with van der Waals surface area (Å²) in [5.41, 5.74) is 2.14. The van der Waals surface area contributed by atoms with Crippen molar-refractivity contribution in [3.8, 4) is 0 Å². The van der Waals surface area contributed by atoms with Crippen molar-refractivity contribution in [2.75, 3.05) is 7.05 Å². The van der Waals surface area contributed by atoms with Crippen LogP contribution in [0.15, 0.2) is 23.0 Å². The highest BCUT2D eigenvalue weighted by molar-refractivity contribution is 7.18. The summed E-state index contributed by atoms with van der Waals surface area (Å²) in [6.45, 7) is 1.17. The molecule has 0 atom stereocenters. The van der Waals surface area contributed by atoms with E-state index in [1.807, 2.05) is 19.2 Å². The summed E-state index contributed by atoms with van der Waals surface area (Å²) in [6, 6.07) is 5.61. The monoisotopic (exact) mass is 393 g/mol. The predicted molar refractivity (Wildman–Crippen MR) is 104 cm³/mol. The smallest absolute Gasteiger partial charge is 0.259 e. The van der Waals surface area contributed by atoms with Crippen LogP contribution in [0.25, 0.3) is 10.2 Å². The van der Waals surface area contributed by atoms with Crippen molar-refractivity contribution in [2.24, 2.45) is 0 Å². The molecule has 1 N–H and O–H groups in total. The molecule has 0 unspecified atom stereocenters. The number of aromatic nitrogens is 2. The SMILES string of the molecule is CN(Cc1nc2sc3c(c2c(=O)[nH]1)CCC3)Cc1cccc(Cl)c1Cl. The lowest BCUT2D eigenvalue weighted by Gasteiger charge is -2.17. The average Bonchev–Trinajstić information content (AvgIpc) is 3.12. The summed E-state index contributed by atoms with van der Waals surface area (Å²) in [4.78, 5) is 24.4. The zero-order chi connectivity index (χ0) is 17.6. The van der Waals surface area contributed by atoms with Crippen molar-refractivity contribution in [3.63, 3.8) is 0 Å². The molecule has 3 aromatic rings. The Morgan fingerprint density at radius 2 is 2.12 bits per heavy atom. The van der Waals surface area contributed by atoms with Gasteiger partial charge in [0.15, 0.2) is 0 Å². The highest BCUT2D eigenvalue weighted by Gasteiger charge is 2.21. The zero-order valence-electron chi connectivity index (χ0n) is 13.7. The van der Waals surface area contributed by atoms with E-state index in [9.17, 15) is 4.79 Å². The van der Waals surface area contributed by atoms with Crippen LogP contribution < -0.4 is 5.56 Å². The second kappa shape index (κ2) is 6.72. The number of rotatable bonds is 4. The molecule has 0 spiro atoms. The molecule has 0 bridgehead atoms. The van der Waals surface area contributed by atoms with E-state index in [4.69, 9.17) is 23.2 Å². The van der Waals surface area contributed by atoms with Gasteiger partial charge in [0, 0.05) is 11.4 Å². The fourth-order valence-corrected chi connectivity index (χ4v) is 5.06. The normalized spacial score (nSPS) is 13.8. The van der Waals surface area contributed by atoms with Gasteiger partial charge in [-0.1, -0.05) is 35.3 Å². The number of H-pyrrole nitrogens is 1. The summed E-state index contributed by atoms with van der Waals surface area (Å²) in [7, 11) is 1.97. The van der Waals surface area contributed by atoms with Gasteiger partial charge in [0.1, 0.15) is 10.7 Å². The lowest BCUT2D eigenvalue weighted by atomic mass is 10.2. The maximum atomic E-state index is 12.5. The Labute approximate surface area is 159 Å². The first-order chi connectivity index (χ1) is 12.0. The lowest BCUT2D eigenvalue weighted by Crippen LogP contribution is -2.22. The number of aromatic amines is 1. The standard InChI is InChI=1S/C18H17Cl2N3OS/c1-23(8-10-4-2-6-12(19)16(10)20)9-14-21-17(24)15-11-5-3-7-13(11)25-18(15)22-14/h2,4,6H,3,5,7-9H2,1H3,(H,21,22,24). The van der Waals surface area contributed by atoms with Crippen molar-refractivity contribution >= 4 is 44.8 Å².